The number of halogens is 2. The molecule has 138 valence electrons. The van der Waals surface area contributed by atoms with Crippen LogP contribution in [0.15, 0.2) is 42.5 Å². The number of hydrogen-bond acceptors (Lipinski definition) is 3. The molecule has 0 saturated heterocycles. The minimum atomic E-state index is -0.297. The fraction of sp³-hybridized carbons (Fsp3) is 0.263. The average molecular weight is 394 g/mol. The highest BCUT2D eigenvalue weighted by molar-refractivity contribution is 6.39. The second-order valence-corrected chi connectivity index (χ2v) is 6.89. The molecule has 0 aromatic heterocycles. The van der Waals surface area contributed by atoms with E-state index >= 15 is 0 Å². The van der Waals surface area contributed by atoms with Crippen molar-refractivity contribution in [1.82, 2.24) is 10.2 Å². The molecule has 2 aromatic rings. The van der Waals surface area contributed by atoms with Gasteiger partial charge in [0.2, 0.25) is 11.8 Å². The summed E-state index contributed by atoms with van der Waals surface area (Å²) in [5.41, 5.74) is 2.57. The third-order valence-corrected chi connectivity index (χ3v) is 4.29. The first-order valence-electron chi connectivity index (χ1n) is 8.10. The molecule has 2 amide bonds. The Hall–Kier alpha value is -2.08. The highest BCUT2D eigenvalue weighted by Crippen LogP contribution is 2.29. The minimum absolute atomic E-state index is 0.0412. The highest BCUT2D eigenvalue weighted by Gasteiger charge is 2.13. The number of nitrogens with zero attached hydrogens (tertiary/aromatic N) is 1. The molecule has 0 aliphatic rings. The molecule has 0 aliphatic carbocycles. The SMILES string of the molecule is Cc1ccc(CNC(=O)CN(C)CC(=O)Nc2c(Cl)cccc2Cl)cc1. The third-order valence-electron chi connectivity index (χ3n) is 3.66. The number of carbonyl (C=O) groups is 2. The van der Waals surface area contributed by atoms with Gasteiger partial charge >= 0.3 is 0 Å². The summed E-state index contributed by atoms with van der Waals surface area (Å²) in [5.74, 6) is -0.453. The number of anilines is 1. The van der Waals surface area contributed by atoms with E-state index < -0.39 is 0 Å². The van der Waals surface area contributed by atoms with Crippen LogP contribution in [0.5, 0.6) is 0 Å². The van der Waals surface area contributed by atoms with Crippen LogP contribution in [-0.2, 0) is 16.1 Å². The normalized spacial score (nSPS) is 10.7. The molecule has 0 unspecified atom stereocenters. The molecule has 0 saturated carbocycles. The number of nitrogens with one attached hydrogen (secondary N) is 2. The van der Waals surface area contributed by atoms with E-state index in [0.717, 1.165) is 5.56 Å². The van der Waals surface area contributed by atoms with E-state index in [9.17, 15) is 9.59 Å². The van der Waals surface area contributed by atoms with Gasteiger partial charge in [0.1, 0.15) is 0 Å². The molecular formula is C19H21Cl2N3O2. The van der Waals surface area contributed by atoms with Gasteiger partial charge in [0.05, 0.1) is 28.8 Å². The van der Waals surface area contributed by atoms with Gasteiger partial charge in [-0.3, -0.25) is 14.5 Å². The van der Waals surface area contributed by atoms with Gasteiger partial charge in [0.25, 0.3) is 0 Å². The van der Waals surface area contributed by atoms with Crippen LogP contribution in [0.25, 0.3) is 0 Å². The number of carbonyl (C=O) groups excluding carboxylic acids is 2. The van der Waals surface area contributed by atoms with Crippen LogP contribution in [0.1, 0.15) is 11.1 Å². The maximum Gasteiger partial charge on any atom is 0.238 e. The average Bonchev–Trinajstić information content (AvgIpc) is 2.57. The zero-order valence-corrected chi connectivity index (χ0v) is 16.2. The van der Waals surface area contributed by atoms with Crippen LogP contribution in [0.4, 0.5) is 5.69 Å². The maximum absolute atomic E-state index is 12.1. The zero-order chi connectivity index (χ0) is 19.1. The van der Waals surface area contributed by atoms with Gasteiger partial charge in [-0.2, -0.15) is 0 Å². The standard InChI is InChI=1S/C19H21Cl2N3O2/c1-13-6-8-14(9-7-13)10-22-17(25)11-24(2)12-18(26)23-19-15(20)4-3-5-16(19)21/h3-9H,10-12H2,1-2H3,(H,22,25)(H,23,26). The summed E-state index contributed by atoms with van der Waals surface area (Å²) in [4.78, 5) is 25.7. The van der Waals surface area contributed by atoms with Crippen molar-refractivity contribution in [2.24, 2.45) is 0 Å². The Kier molecular flexibility index (Phi) is 7.45. The van der Waals surface area contributed by atoms with Crippen LogP contribution in [-0.4, -0.2) is 36.9 Å². The van der Waals surface area contributed by atoms with Crippen LogP contribution in [0.3, 0.4) is 0 Å². The fourth-order valence-electron chi connectivity index (χ4n) is 2.30. The van der Waals surface area contributed by atoms with Crippen LogP contribution in [0, 0.1) is 6.92 Å². The lowest BCUT2D eigenvalue weighted by atomic mass is 10.1. The Morgan fingerprint density at radius 3 is 2.15 bits per heavy atom. The second kappa shape index (κ2) is 9.57. The first-order valence-corrected chi connectivity index (χ1v) is 8.85. The summed E-state index contributed by atoms with van der Waals surface area (Å²) in [6, 6.07) is 12.9. The molecule has 2 aromatic carbocycles. The molecule has 0 atom stereocenters. The van der Waals surface area contributed by atoms with E-state index in [1.165, 1.54) is 5.56 Å². The van der Waals surface area contributed by atoms with E-state index in [2.05, 4.69) is 10.6 Å². The van der Waals surface area contributed by atoms with Crippen LogP contribution in [0.2, 0.25) is 10.0 Å². The number of para-hydroxylation sites is 1. The van der Waals surface area contributed by atoms with Crippen molar-refractivity contribution >= 4 is 40.7 Å². The molecule has 0 radical (unpaired) electrons. The summed E-state index contributed by atoms with van der Waals surface area (Å²) in [7, 11) is 1.69. The van der Waals surface area contributed by atoms with Gasteiger partial charge in [-0.05, 0) is 31.7 Å². The quantitative estimate of drug-likeness (QED) is 0.756. The molecule has 0 aliphatic heterocycles. The number of likely N-dealkylation sites (N-methyl/N-ethyl adjacent to an activating group) is 1. The van der Waals surface area contributed by atoms with Crippen molar-refractivity contribution in [3.8, 4) is 0 Å². The van der Waals surface area contributed by atoms with Gasteiger partial charge in [0, 0.05) is 6.54 Å². The molecule has 2 rings (SSSR count). The Labute approximate surface area is 163 Å². The van der Waals surface area contributed by atoms with Crippen molar-refractivity contribution in [1.29, 1.82) is 0 Å². The molecule has 0 heterocycles. The highest BCUT2D eigenvalue weighted by atomic mass is 35.5. The maximum atomic E-state index is 12.1. The topological polar surface area (TPSA) is 61.4 Å². The van der Waals surface area contributed by atoms with E-state index in [1.54, 1.807) is 30.1 Å². The van der Waals surface area contributed by atoms with Gasteiger partial charge in [-0.25, -0.2) is 0 Å². The lowest BCUT2D eigenvalue weighted by Crippen LogP contribution is -2.38. The minimum Gasteiger partial charge on any atom is -0.351 e. The zero-order valence-electron chi connectivity index (χ0n) is 14.7. The summed E-state index contributed by atoms with van der Waals surface area (Å²) in [5, 5.41) is 6.24. The first-order chi connectivity index (χ1) is 12.3. The van der Waals surface area contributed by atoms with Crippen LogP contribution >= 0.6 is 23.2 Å². The van der Waals surface area contributed by atoms with Gasteiger partial charge < -0.3 is 10.6 Å². The smallest absolute Gasteiger partial charge is 0.238 e. The molecule has 0 fully saturated rings. The van der Waals surface area contributed by atoms with Crippen molar-refractivity contribution < 1.29 is 9.59 Å². The molecule has 5 nitrogen and oxygen atoms in total. The predicted molar refractivity (Wildman–Crippen MR) is 106 cm³/mol. The number of hydrogen-bond donors (Lipinski definition) is 2. The summed E-state index contributed by atoms with van der Waals surface area (Å²) in [6.45, 7) is 2.61. The van der Waals surface area contributed by atoms with E-state index in [0.29, 0.717) is 22.3 Å². The molecule has 0 bridgehead atoms. The monoisotopic (exact) mass is 393 g/mol. The summed E-state index contributed by atoms with van der Waals surface area (Å²) < 4.78 is 0. The summed E-state index contributed by atoms with van der Waals surface area (Å²) >= 11 is 12.1. The Morgan fingerprint density at radius 1 is 0.962 bits per heavy atom. The third kappa shape index (κ3) is 6.33. The molecule has 2 N–H and O–H groups in total. The molecule has 0 spiro atoms. The molecular weight excluding hydrogens is 373 g/mol. The van der Waals surface area contributed by atoms with Crippen molar-refractivity contribution in [2.75, 3.05) is 25.5 Å². The molecule has 7 heteroatoms. The van der Waals surface area contributed by atoms with Crippen molar-refractivity contribution in [3.05, 3.63) is 63.6 Å². The summed E-state index contributed by atoms with van der Waals surface area (Å²) in [6.07, 6.45) is 0. The fourth-order valence-corrected chi connectivity index (χ4v) is 2.80. The van der Waals surface area contributed by atoms with Gasteiger partial charge in [-0.15, -0.1) is 0 Å². The van der Waals surface area contributed by atoms with E-state index in [1.807, 2.05) is 31.2 Å². The Balaban J connectivity index is 1.78. The lowest BCUT2D eigenvalue weighted by Gasteiger charge is -2.17. The van der Waals surface area contributed by atoms with Gasteiger partial charge in [0.15, 0.2) is 0 Å². The number of rotatable bonds is 7. The van der Waals surface area contributed by atoms with Crippen molar-refractivity contribution in [2.45, 2.75) is 13.5 Å². The number of aryl methyl sites for hydroxylation is 1. The van der Waals surface area contributed by atoms with Gasteiger partial charge in [-0.1, -0.05) is 59.1 Å². The lowest BCUT2D eigenvalue weighted by molar-refractivity contribution is -0.123. The van der Waals surface area contributed by atoms with Crippen LogP contribution < -0.4 is 10.6 Å². The Bertz CT molecular complexity index is 759. The number of amides is 2. The molecule has 26 heavy (non-hydrogen) atoms. The largest absolute Gasteiger partial charge is 0.351 e. The first kappa shape index (κ1) is 20.2. The second-order valence-electron chi connectivity index (χ2n) is 6.08. The van der Waals surface area contributed by atoms with Crippen molar-refractivity contribution in [3.63, 3.8) is 0 Å². The Morgan fingerprint density at radius 2 is 1.54 bits per heavy atom. The predicted octanol–water partition coefficient (Wildman–Crippen LogP) is 3.49. The number of benzene rings is 2. The van der Waals surface area contributed by atoms with E-state index in [4.69, 9.17) is 23.2 Å². The van der Waals surface area contributed by atoms with E-state index in [-0.39, 0.29) is 24.9 Å².